The van der Waals surface area contributed by atoms with Gasteiger partial charge in [0.1, 0.15) is 12.4 Å². The number of aliphatic hydroxyl groups is 3. The Morgan fingerprint density at radius 1 is 1.30 bits per heavy atom. The molecule has 0 aromatic carbocycles. The van der Waals surface area contributed by atoms with Crippen LogP contribution in [0.3, 0.4) is 0 Å². The molecule has 2 aliphatic carbocycles. The number of carbonyl (C=O) groups excluding carboxylic acids is 1. The summed E-state index contributed by atoms with van der Waals surface area (Å²) in [5.41, 5.74) is 1.01. The zero-order valence-electron chi connectivity index (χ0n) is 17.3. The molecule has 2 fully saturated rings. The number of cyclic esters (lactones) is 1. The first-order chi connectivity index (χ1) is 13.7. The fourth-order valence-corrected chi connectivity index (χ4v) is 5.69. The molecule has 0 spiro atoms. The number of aliphatic hydroxyl groups excluding tert-OH is 3. The summed E-state index contributed by atoms with van der Waals surface area (Å²) >= 11 is 0. The summed E-state index contributed by atoms with van der Waals surface area (Å²) in [7, 11) is -0.137. The van der Waals surface area contributed by atoms with Crippen molar-refractivity contribution in [2.45, 2.75) is 58.5 Å². The van der Waals surface area contributed by atoms with Crippen molar-refractivity contribution in [3.05, 3.63) is 23.5 Å². The fourth-order valence-electron chi connectivity index (χ4n) is 5.69. The molecule has 10 heteroatoms. The molecular weight excluding hydrogens is 436 g/mol. The summed E-state index contributed by atoms with van der Waals surface area (Å²) in [6.07, 6.45) is 4.09. The molecule has 3 aliphatic rings. The molecule has 0 bridgehead atoms. The lowest BCUT2D eigenvalue weighted by molar-refractivity contribution is -0.152. The maximum absolute atomic E-state index is 11.8. The average molecular weight is 467 g/mol. The minimum atomic E-state index is -4.19. The van der Waals surface area contributed by atoms with Gasteiger partial charge in [0, 0.05) is 16.1 Å². The molecule has 8 nitrogen and oxygen atoms in total. The third-order valence-corrected chi connectivity index (χ3v) is 7.31. The molecule has 172 valence electrons. The van der Waals surface area contributed by atoms with Gasteiger partial charge in [-0.15, -0.1) is 0 Å². The number of ether oxygens (including phenoxy) is 1. The van der Waals surface area contributed by atoms with E-state index in [0.717, 1.165) is 25.7 Å². The summed E-state index contributed by atoms with van der Waals surface area (Å²) in [6, 6.07) is 0. The van der Waals surface area contributed by atoms with Crippen LogP contribution in [0.25, 0.3) is 0 Å². The number of allylic oxidation sites excluding steroid dienone is 1. The van der Waals surface area contributed by atoms with Gasteiger partial charge in [-0.05, 0) is 55.8 Å². The van der Waals surface area contributed by atoms with E-state index in [-0.39, 0.29) is 36.2 Å². The van der Waals surface area contributed by atoms with Crippen molar-refractivity contribution in [2.24, 2.45) is 22.7 Å². The van der Waals surface area contributed by atoms with Crippen LogP contribution in [-0.2, 0) is 18.9 Å². The Labute approximate surface area is 181 Å². The Kier molecular flexibility index (Phi) is 7.67. The fraction of sp³-hybridized carbons (Fsp3) is 0.750. The normalized spacial score (nSPS) is 36.7. The van der Waals surface area contributed by atoms with Crippen LogP contribution in [0.1, 0.15) is 52.4 Å². The minimum absolute atomic E-state index is 0.0194. The van der Waals surface area contributed by atoms with Crippen LogP contribution in [0.4, 0.5) is 0 Å². The van der Waals surface area contributed by atoms with Crippen molar-refractivity contribution in [1.29, 1.82) is 0 Å². The van der Waals surface area contributed by atoms with Gasteiger partial charge in [-0.25, -0.2) is 4.79 Å². The number of rotatable bonds is 4. The van der Waals surface area contributed by atoms with E-state index in [0.29, 0.717) is 18.4 Å². The smallest absolute Gasteiger partial charge is 0.353 e. The lowest BCUT2D eigenvalue weighted by atomic mass is 9.46. The number of hydrogen-bond acceptors (Lipinski definition) is 7. The van der Waals surface area contributed by atoms with Gasteiger partial charge in [0.2, 0.25) is 0 Å². The number of hydrogen-bond donors (Lipinski definition) is 4. The monoisotopic (exact) mass is 466 g/mol. The van der Waals surface area contributed by atoms with Gasteiger partial charge in [0.15, 0.2) is 0 Å². The first kappa shape index (κ1) is 25.1. The number of fused-ring (bicyclic) bond motifs is 1. The van der Waals surface area contributed by atoms with Crippen LogP contribution in [-0.4, -0.2) is 53.6 Å². The van der Waals surface area contributed by atoms with E-state index in [2.05, 4.69) is 24.2 Å². The first-order valence-electron chi connectivity index (χ1n) is 9.95. The SMILES string of the molecule is C=C1CC[C@@H]2[C@](C)(CO)[C@H](O)CC[C@@]2(C)[C@@H]1CCC1=C(O)COC1=O.O=S(=O)(O)Cl. The maximum Gasteiger partial charge on any atom is 0.353 e. The Morgan fingerprint density at radius 2 is 1.90 bits per heavy atom. The van der Waals surface area contributed by atoms with Gasteiger partial charge in [0.25, 0.3) is 0 Å². The zero-order chi connectivity index (χ0) is 22.9. The molecular formula is C20H31ClO8S. The quantitative estimate of drug-likeness (QED) is 0.214. The van der Waals surface area contributed by atoms with Crippen molar-refractivity contribution in [3.8, 4) is 0 Å². The second kappa shape index (κ2) is 9.16. The van der Waals surface area contributed by atoms with E-state index in [9.17, 15) is 20.1 Å². The topological polar surface area (TPSA) is 141 Å². The molecule has 30 heavy (non-hydrogen) atoms. The molecule has 0 amide bonds. The Bertz CT molecular complexity index is 815. The summed E-state index contributed by atoms with van der Waals surface area (Å²) in [4.78, 5) is 11.8. The molecule has 5 atom stereocenters. The highest BCUT2D eigenvalue weighted by molar-refractivity contribution is 8.09. The summed E-state index contributed by atoms with van der Waals surface area (Å²) < 4.78 is 30.1. The summed E-state index contributed by atoms with van der Waals surface area (Å²) in [5.74, 6) is 0.0490. The van der Waals surface area contributed by atoms with Crippen molar-refractivity contribution in [2.75, 3.05) is 13.2 Å². The number of esters is 1. The molecule has 2 saturated carbocycles. The zero-order valence-corrected chi connectivity index (χ0v) is 18.9. The standard InChI is InChI=1S/C20H30O5.ClHO3S/c1-12-4-7-16-19(2,9-8-17(23)20(16,3)11-21)14(12)6-5-13-15(22)10-25-18(13)24;1-5(2,3)4/h14,16-17,21-23H,1,4-11H2,2-3H3;(H,2,3,4)/t14-,16+,17-,19+,20+;/m1./s1. The van der Waals surface area contributed by atoms with Crippen molar-refractivity contribution in [3.63, 3.8) is 0 Å². The van der Waals surface area contributed by atoms with Crippen molar-refractivity contribution >= 4 is 26.0 Å². The largest absolute Gasteiger partial charge is 0.508 e. The molecule has 0 unspecified atom stereocenters. The summed E-state index contributed by atoms with van der Waals surface area (Å²) in [5, 5.41) is 30.4. The van der Waals surface area contributed by atoms with Gasteiger partial charge in [-0.1, -0.05) is 26.0 Å². The van der Waals surface area contributed by atoms with E-state index < -0.39 is 26.8 Å². The molecule has 0 saturated heterocycles. The second-order valence-electron chi connectivity index (χ2n) is 8.98. The Morgan fingerprint density at radius 3 is 2.40 bits per heavy atom. The average Bonchev–Trinajstić information content (AvgIpc) is 2.95. The van der Waals surface area contributed by atoms with Gasteiger partial charge in [-0.2, -0.15) is 8.42 Å². The van der Waals surface area contributed by atoms with Gasteiger partial charge < -0.3 is 20.1 Å². The number of carbonyl (C=O) groups is 1. The highest BCUT2D eigenvalue weighted by Gasteiger charge is 2.57. The van der Waals surface area contributed by atoms with Crippen LogP contribution in [0, 0.1) is 22.7 Å². The van der Waals surface area contributed by atoms with Crippen LogP contribution in [0.5, 0.6) is 0 Å². The first-order valence-corrected chi connectivity index (χ1v) is 12.2. The van der Waals surface area contributed by atoms with Crippen LogP contribution in [0.15, 0.2) is 23.5 Å². The van der Waals surface area contributed by atoms with E-state index >= 15 is 0 Å². The van der Waals surface area contributed by atoms with Crippen LogP contribution < -0.4 is 0 Å². The molecule has 4 N–H and O–H groups in total. The lowest BCUT2D eigenvalue weighted by Crippen LogP contribution is -2.57. The molecule has 3 rings (SSSR count). The van der Waals surface area contributed by atoms with E-state index in [1.165, 1.54) is 5.57 Å². The Balaban J connectivity index is 0.000000575. The third kappa shape index (κ3) is 5.19. The Hall–Kier alpha value is -1.13. The van der Waals surface area contributed by atoms with Gasteiger partial charge >= 0.3 is 15.3 Å². The molecule has 1 heterocycles. The van der Waals surface area contributed by atoms with Crippen molar-refractivity contribution < 1.29 is 37.8 Å². The lowest BCUT2D eigenvalue weighted by Gasteiger charge is -2.60. The van der Waals surface area contributed by atoms with Gasteiger partial charge in [0.05, 0.1) is 18.3 Å². The van der Waals surface area contributed by atoms with Crippen molar-refractivity contribution in [1.82, 2.24) is 0 Å². The predicted molar refractivity (Wildman–Crippen MR) is 111 cm³/mol. The van der Waals surface area contributed by atoms with E-state index in [4.69, 9.17) is 17.7 Å². The number of halogens is 1. The molecule has 1 aliphatic heterocycles. The molecule has 0 aromatic heterocycles. The van der Waals surface area contributed by atoms with E-state index in [1.807, 2.05) is 6.92 Å². The maximum atomic E-state index is 11.8. The van der Waals surface area contributed by atoms with E-state index in [1.54, 1.807) is 0 Å². The molecule has 0 aromatic rings. The predicted octanol–water partition coefficient (Wildman–Crippen LogP) is 2.91. The highest BCUT2D eigenvalue weighted by Crippen LogP contribution is 2.61. The minimum Gasteiger partial charge on any atom is -0.508 e. The van der Waals surface area contributed by atoms with Crippen LogP contribution >= 0.6 is 10.7 Å². The summed E-state index contributed by atoms with van der Waals surface area (Å²) in [6.45, 7) is 8.48. The third-order valence-electron chi connectivity index (χ3n) is 7.31. The second-order valence-corrected chi connectivity index (χ2v) is 11.0. The highest BCUT2D eigenvalue weighted by atomic mass is 35.7. The molecule has 0 radical (unpaired) electrons. The van der Waals surface area contributed by atoms with Gasteiger partial charge in [-0.3, -0.25) is 4.55 Å². The van der Waals surface area contributed by atoms with Crippen LogP contribution in [0.2, 0.25) is 0 Å².